The van der Waals surface area contributed by atoms with Crippen LogP contribution in [0.2, 0.25) is 0 Å². The number of rotatable bonds is 6. The smallest absolute Gasteiger partial charge is 0.340 e. The number of nitrogens with zero attached hydrogens (tertiary/aromatic N) is 1. The SMILES string of the molecule is CCN(/C=C1/C(=O)O[C@H](COC)[C@@]2(C)C1=C(O)C(=O)C1=C2[C@H](OC(C)=O)C[C@]2(C)C(=O)CC[C@@H]12)CC. The Morgan fingerprint density at radius 2 is 1.89 bits per heavy atom. The van der Waals surface area contributed by atoms with Gasteiger partial charge in [-0.05, 0) is 32.8 Å². The lowest BCUT2D eigenvalue weighted by Gasteiger charge is -2.53. The number of esters is 2. The summed E-state index contributed by atoms with van der Waals surface area (Å²) in [6.07, 6.45) is 0.801. The van der Waals surface area contributed by atoms with Crippen molar-refractivity contribution in [2.75, 3.05) is 26.8 Å². The fourth-order valence-corrected chi connectivity index (χ4v) is 6.67. The first-order chi connectivity index (χ1) is 16.9. The number of aliphatic hydroxyl groups is 1. The molecule has 36 heavy (non-hydrogen) atoms. The van der Waals surface area contributed by atoms with Gasteiger partial charge in [-0.25, -0.2) is 4.79 Å². The Morgan fingerprint density at radius 1 is 1.22 bits per heavy atom. The summed E-state index contributed by atoms with van der Waals surface area (Å²) in [6, 6.07) is 0. The molecule has 0 aromatic rings. The number of ether oxygens (including phenoxy) is 3. The molecule has 4 rings (SSSR count). The number of allylic oxidation sites excluding steroid dienone is 1. The number of aliphatic hydroxyl groups excluding tert-OH is 1. The molecule has 5 atom stereocenters. The average Bonchev–Trinajstić information content (AvgIpc) is 3.11. The van der Waals surface area contributed by atoms with E-state index >= 15 is 0 Å². The third-order valence-electron chi connectivity index (χ3n) is 8.54. The van der Waals surface area contributed by atoms with Crippen molar-refractivity contribution in [1.82, 2.24) is 4.90 Å². The van der Waals surface area contributed by atoms with Crippen LogP contribution in [0.5, 0.6) is 0 Å². The molecule has 0 radical (unpaired) electrons. The number of hydrogen-bond acceptors (Lipinski definition) is 9. The molecular formula is C27H35NO8. The molecule has 9 heteroatoms. The van der Waals surface area contributed by atoms with Crippen LogP contribution in [0.1, 0.15) is 53.9 Å². The van der Waals surface area contributed by atoms with Gasteiger partial charge in [0.2, 0.25) is 5.78 Å². The van der Waals surface area contributed by atoms with E-state index in [-0.39, 0.29) is 30.0 Å². The lowest BCUT2D eigenvalue weighted by atomic mass is 9.53. The molecule has 0 unspecified atom stereocenters. The number of ketones is 2. The van der Waals surface area contributed by atoms with E-state index in [1.165, 1.54) is 14.0 Å². The second kappa shape index (κ2) is 9.18. The summed E-state index contributed by atoms with van der Waals surface area (Å²) >= 11 is 0. The Balaban J connectivity index is 2.03. The van der Waals surface area contributed by atoms with E-state index in [1.54, 1.807) is 20.0 Å². The summed E-state index contributed by atoms with van der Waals surface area (Å²) in [5.74, 6) is -2.80. The maximum absolute atomic E-state index is 13.9. The molecule has 0 spiro atoms. The minimum Gasteiger partial charge on any atom is -0.504 e. The number of Topliss-reactive ketones (excluding diaryl/α,β-unsaturated/α-hetero) is 2. The quantitative estimate of drug-likeness (QED) is 0.433. The predicted molar refractivity (Wildman–Crippen MR) is 129 cm³/mol. The van der Waals surface area contributed by atoms with Crippen LogP contribution in [-0.4, -0.2) is 72.5 Å². The van der Waals surface area contributed by atoms with Gasteiger partial charge in [-0.1, -0.05) is 6.92 Å². The lowest BCUT2D eigenvalue weighted by Crippen LogP contribution is -2.57. The van der Waals surface area contributed by atoms with Gasteiger partial charge in [0.15, 0.2) is 5.76 Å². The standard InChI is InChI=1S/C27H35NO8/c1-7-28(8-2)12-15-21-24(32)23(31)20-16-9-10-18(30)26(16,4)11-17(35-14(3)29)22(20)27(21,5)19(13-34-6)36-25(15)33/h12,16-17,19,32H,7-11,13H2,1-6H3/b15-12+/t16-,17+,19+,26-,27-/m0/s1. The summed E-state index contributed by atoms with van der Waals surface area (Å²) in [7, 11) is 1.47. The van der Waals surface area contributed by atoms with Crippen molar-refractivity contribution < 1.29 is 38.5 Å². The zero-order valence-electron chi connectivity index (χ0n) is 21.8. The monoisotopic (exact) mass is 501 g/mol. The summed E-state index contributed by atoms with van der Waals surface area (Å²) in [5.41, 5.74) is -1.09. The van der Waals surface area contributed by atoms with Gasteiger partial charge in [-0.2, -0.15) is 0 Å². The first-order valence-electron chi connectivity index (χ1n) is 12.5. The van der Waals surface area contributed by atoms with E-state index in [4.69, 9.17) is 14.2 Å². The predicted octanol–water partition coefficient (Wildman–Crippen LogP) is 2.80. The Bertz CT molecular complexity index is 1110. The van der Waals surface area contributed by atoms with Crippen LogP contribution in [0.15, 0.2) is 34.3 Å². The molecular weight excluding hydrogens is 466 g/mol. The molecule has 1 N–H and O–H groups in total. The second-order valence-electron chi connectivity index (χ2n) is 10.4. The zero-order chi connectivity index (χ0) is 26.6. The van der Waals surface area contributed by atoms with E-state index < -0.39 is 52.4 Å². The van der Waals surface area contributed by atoms with Crippen molar-refractivity contribution in [2.24, 2.45) is 16.7 Å². The van der Waals surface area contributed by atoms with Crippen molar-refractivity contribution >= 4 is 23.5 Å². The van der Waals surface area contributed by atoms with Crippen molar-refractivity contribution in [3.63, 3.8) is 0 Å². The topological polar surface area (TPSA) is 119 Å². The molecule has 9 nitrogen and oxygen atoms in total. The molecule has 0 bridgehead atoms. The molecule has 0 aromatic heterocycles. The molecule has 1 aliphatic heterocycles. The minimum absolute atomic E-state index is 0.00377. The largest absolute Gasteiger partial charge is 0.504 e. The van der Waals surface area contributed by atoms with Gasteiger partial charge >= 0.3 is 11.9 Å². The molecule has 3 aliphatic carbocycles. The molecule has 1 saturated carbocycles. The van der Waals surface area contributed by atoms with Crippen LogP contribution in [-0.2, 0) is 33.4 Å². The molecule has 1 heterocycles. The van der Waals surface area contributed by atoms with Gasteiger partial charge in [0.25, 0.3) is 0 Å². The van der Waals surface area contributed by atoms with Gasteiger partial charge in [0.1, 0.15) is 18.0 Å². The van der Waals surface area contributed by atoms with Gasteiger partial charge in [0.05, 0.1) is 17.6 Å². The van der Waals surface area contributed by atoms with Gasteiger partial charge in [-0.15, -0.1) is 0 Å². The lowest BCUT2D eigenvalue weighted by molar-refractivity contribution is -0.160. The highest BCUT2D eigenvalue weighted by Crippen LogP contribution is 2.62. The number of hydrogen-bond donors (Lipinski definition) is 1. The fraction of sp³-hybridized carbons (Fsp3) is 0.630. The van der Waals surface area contributed by atoms with Gasteiger partial charge in [0, 0.05) is 68.6 Å². The normalized spacial score (nSPS) is 34.9. The van der Waals surface area contributed by atoms with E-state index in [1.807, 2.05) is 18.7 Å². The minimum atomic E-state index is -1.22. The van der Waals surface area contributed by atoms with E-state index in [0.29, 0.717) is 37.1 Å². The number of methoxy groups -OCH3 is 1. The van der Waals surface area contributed by atoms with Crippen LogP contribution in [0.25, 0.3) is 0 Å². The van der Waals surface area contributed by atoms with Crippen LogP contribution < -0.4 is 0 Å². The highest BCUT2D eigenvalue weighted by molar-refractivity contribution is 6.14. The van der Waals surface area contributed by atoms with E-state index in [9.17, 15) is 24.3 Å². The first kappa shape index (κ1) is 26.1. The summed E-state index contributed by atoms with van der Waals surface area (Å²) in [5, 5.41) is 11.4. The molecule has 0 aromatic carbocycles. The first-order valence-corrected chi connectivity index (χ1v) is 12.5. The van der Waals surface area contributed by atoms with Gasteiger partial charge < -0.3 is 24.2 Å². The maximum Gasteiger partial charge on any atom is 0.340 e. The Labute approximate surface area is 211 Å². The molecule has 4 aliphatic rings. The van der Waals surface area contributed by atoms with Gasteiger partial charge in [-0.3, -0.25) is 14.4 Å². The Kier molecular flexibility index (Phi) is 6.66. The second-order valence-corrected chi connectivity index (χ2v) is 10.4. The van der Waals surface area contributed by atoms with Crippen LogP contribution >= 0.6 is 0 Å². The fourth-order valence-electron chi connectivity index (χ4n) is 6.67. The van der Waals surface area contributed by atoms with Crippen molar-refractivity contribution in [3.05, 3.63) is 34.3 Å². The number of carbonyl (C=O) groups is 4. The number of carbonyl (C=O) groups excluding carboxylic acids is 4. The molecule has 0 amide bonds. The maximum atomic E-state index is 13.9. The zero-order valence-corrected chi connectivity index (χ0v) is 21.8. The summed E-state index contributed by atoms with van der Waals surface area (Å²) < 4.78 is 17.1. The van der Waals surface area contributed by atoms with Crippen molar-refractivity contribution in [2.45, 2.75) is 66.1 Å². The third kappa shape index (κ3) is 3.62. The molecule has 1 saturated heterocycles. The Hall–Kier alpha value is -2.94. The number of fused-ring (bicyclic) bond motifs is 4. The van der Waals surface area contributed by atoms with Crippen LogP contribution in [0.3, 0.4) is 0 Å². The molecule has 2 fully saturated rings. The number of cyclic esters (lactones) is 1. The highest BCUT2D eigenvalue weighted by atomic mass is 16.6. The third-order valence-corrected chi connectivity index (χ3v) is 8.54. The average molecular weight is 502 g/mol. The van der Waals surface area contributed by atoms with E-state index in [0.717, 1.165) is 0 Å². The van der Waals surface area contributed by atoms with Crippen LogP contribution in [0.4, 0.5) is 0 Å². The van der Waals surface area contributed by atoms with Crippen molar-refractivity contribution in [1.29, 1.82) is 0 Å². The van der Waals surface area contributed by atoms with Crippen LogP contribution in [0, 0.1) is 16.7 Å². The Morgan fingerprint density at radius 3 is 2.47 bits per heavy atom. The molecule has 196 valence electrons. The van der Waals surface area contributed by atoms with E-state index in [2.05, 4.69) is 0 Å². The summed E-state index contributed by atoms with van der Waals surface area (Å²) in [4.78, 5) is 54.2. The van der Waals surface area contributed by atoms with Crippen molar-refractivity contribution in [3.8, 4) is 0 Å². The highest BCUT2D eigenvalue weighted by Gasteiger charge is 2.64. The summed E-state index contributed by atoms with van der Waals surface area (Å²) in [6.45, 7) is 9.93.